The number of rotatable bonds is 8. The minimum atomic E-state index is -4.79. The molecule has 3 aromatic rings. The minimum absolute atomic E-state index is 0.0508. The smallest absolute Gasteiger partial charge is 0.492 e. The molecular weight excluding hydrogens is 494 g/mol. The van der Waals surface area contributed by atoms with Crippen molar-refractivity contribution in [2.45, 2.75) is 32.3 Å². The van der Waals surface area contributed by atoms with Crippen LogP contribution in [-0.2, 0) is 11.2 Å². The number of amides is 1. The van der Waals surface area contributed by atoms with Gasteiger partial charge in [-0.05, 0) is 48.7 Å². The van der Waals surface area contributed by atoms with Gasteiger partial charge in [0.05, 0.1) is 31.3 Å². The minimum Gasteiger partial charge on any atom is -0.492 e. The van der Waals surface area contributed by atoms with Crippen LogP contribution in [0, 0.1) is 5.92 Å². The van der Waals surface area contributed by atoms with Gasteiger partial charge in [0.2, 0.25) is 5.91 Å². The molecule has 0 spiro atoms. The van der Waals surface area contributed by atoms with Gasteiger partial charge >= 0.3 is 6.36 Å². The summed E-state index contributed by atoms with van der Waals surface area (Å²) in [4.78, 5) is 26.2. The van der Waals surface area contributed by atoms with Crippen molar-refractivity contribution in [1.82, 2.24) is 15.1 Å². The van der Waals surface area contributed by atoms with Gasteiger partial charge in [-0.1, -0.05) is 18.2 Å². The van der Waals surface area contributed by atoms with Gasteiger partial charge < -0.3 is 14.4 Å². The number of halogens is 4. The number of alkyl halides is 4. The van der Waals surface area contributed by atoms with Crippen molar-refractivity contribution in [1.29, 1.82) is 0 Å². The van der Waals surface area contributed by atoms with E-state index in [9.17, 15) is 27.2 Å². The summed E-state index contributed by atoms with van der Waals surface area (Å²) in [5.74, 6) is -0.979. The molecular formula is C26H25F4N3O4. The second-order valence-electron chi connectivity index (χ2n) is 8.84. The van der Waals surface area contributed by atoms with Crippen molar-refractivity contribution in [2.24, 2.45) is 5.92 Å². The molecule has 1 saturated heterocycles. The summed E-state index contributed by atoms with van der Waals surface area (Å²) in [5.41, 5.74) is 2.49. The van der Waals surface area contributed by atoms with Crippen molar-refractivity contribution in [3.63, 3.8) is 0 Å². The number of hydrogen-bond donors (Lipinski definition) is 1. The number of nitrogens with one attached hydrogen (secondary N) is 1. The van der Waals surface area contributed by atoms with E-state index in [1.807, 2.05) is 0 Å². The number of aromatic amines is 1. The molecule has 2 unspecified atom stereocenters. The standard InChI is InChI=1S/C26H25F4N3O4/c1-16(34)22-11-18(20-12-31-32-13-20)4-7-24(22)36-15-19-8-9-33(14-23(19)27)25(35)10-17-2-5-21(6-3-17)37-26(28,29)30/h2-7,11-13,19,23H,8-10,14-15H2,1H3,(H,31,32). The molecule has 4 rings (SSSR count). The first-order valence-corrected chi connectivity index (χ1v) is 11.6. The lowest BCUT2D eigenvalue weighted by Gasteiger charge is -2.34. The zero-order valence-corrected chi connectivity index (χ0v) is 19.9. The topological polar surface area (TPSA) is 84.5 Å². The van der Waals surface area contributed by atoms with Gasteiger partial charge in [0.15, 0.2) is 5.78 Å². The second-order valence-corrected chi connectivity index (χ2v) is 8.84. The second kappa shape index (κ2) is 11.0. The Hall–Kier alpha value is -3.89. The first-order chi connectivity index (χ1) is 17.6. The van der Waals surface area contributed by atoms with Gasteiger partial charge in [0.1, 0.15) is 17.7 Å². The van der Waals surface area contributed by atoms with Crippen molar-refractivity contribution >= 4 is 11.7 Å². The van der Waals surface area contributed by atoms with E-state index in [0.29, 0.717) is 29.8 Å². The van der Waals surface area contributed by atoms with Crippen LogP contribution in [0.4, 0.5) is 17.6 Å². The Kier molecular flexibility index (Phi) is 7.80. The third-order valence-electron chi connectivity index (χ3n) is 6.18. The molecule has 1 amide bonds. The molecule has 0 radical (unpaired) electrons. The average molecular weight is 519 g/mol. The lowest BCUT2D eigenvalue weighted by atomic mass is 9.95. The third kappa shape index (κ3) is 6.87. The molecule has 196 valence electrons. The van der Waals surface area contributed by atoms with Gasteiger partial charge in [-0.25, -0.2) is 4.39 Å². The molecule has 2 heterocycles. The van der Waals surface area contributed by atoms with E-state index >= 15 is 0 Å². The van der Waals surface area contributed by atoms with E-state index in [-0.39, 0.29) is 37.0 Å². The van der Waals surface area contributed by atoms with Crippen molar-refractivity contribution in [3.8, 4) is 22.6 Å². The van der Waals surface area contributed by atoms with Crippen LogP contribution in [0.5, 0.6) is 11.5 Å². The van der Waals surface area contributed by atoms with E-state index < -0.39 is 18.5 Å². The molecule has 11 heteroatoms. The number of hydrogen-bond acceptors (Lipinski definition) is 5. The Morgan fingerprint density at radius 2 is 1.89 bits per heavy atom. The highest BCUT2D eigenvalue weighted by atomic mass is 19.4. The van der Waals surface area contributed by atoms with E-state index in [2.05, 4.69) is 14.9 Å². The molecule has 1 aliphatic rings. The molecule has 2 atom stereocenters. The van der Waals surface area contributed by atoms with Crippen LogP contribution in [0.25, 0.3) is 11.1 Å². The fraction of sp³-hybridized carbons (Fsp3) is 0.346. The van der Waals surface area contributed by atoms with Crippen LogP contribution >= 0.6 is 0 Å². The first kappa shape index (κ1) is 26.2. The van der Waals surface area contributed by atoms with Crippen molar-refractivity contribution in [3.05, 3.63) is 66.0 Å². The normalized spacial score (nSPS) is 17.9. The third-order valence-corrected chi connectivity index (χ3v) is 6.18. The van der Waals surface area contributed by atoms with E-state index in [0.717, 1.165) is 23.3 Å². The van der Waals surface area contributed by atoms with E-state index in [4.69, 9.17) is 4.74 Å². The Labute approximate surface area is 210 Å². The average Bonchev–Trinajstić information content (AvgIpc) is 3.38. The highest BCUT2D eigenvalue weighted by Crippen LogP contribution is 2.29. The number of carbonyl (C=O) groups excluding carboxylic acids is 2. The molecule has 1 aromatic heterocycles. The molecule has 1 N–H and O–H groups in total. The summed E-state index contributed by atoms with van der Waals surface area (Å²) >= 11 is 0. The number of benzene rings is 2. The fourth-order valence-electron chi connectivity index (χ4n) is 4.18. The Morgan fingerprint density at radius 3 is 2.51 bits per heavy atom. The van der Waals surface area contributed by atoms with Crippen LogP contribution in [0.15, 0.2) is 54.9 Å². The Balaban J connectivity index is 1.31. The Bertz CT molecular complexity index is 1230. The number of likely N-dealkylation sites (tertiary alicyclic amines) is 1. The summed E-state index contributed by atoms with van der Waals surface area (Å²) in [6.07, 6.45) is -2.47. The number of aromatic nitrogens is 2. The number of Topliss-reactive ketones (excluding diaryl/α,β-unsaturated/α-hetero) is 1. The predicted octanol–water partition coefficient (Wildman–Crippen LogP) is 4.99. The van der Waals surface area contributed by atoms with Gasteiger partial charge in [0.25, 0.3) is 0 Å². The number of piperidine rings is 1. The molecule has 0 aliphatic carbocycles. The lowest BCUT2D eigenvalue weighted by molar-refractivity contribution is -0.274. The number of nitrogens with zero attached hydrogens (tertiary/aromatic N) is 2. The van der Waals surface area contributed by atoms with Crippen LogP contribution in [0.2, 0.25) is 0 Å². The zero-order valence-electron chi connectivity index (χ0n) is 19.9. The van der Waals surface area contributed by atoms with Crippen LogP contribution < -0.4 is 9.47 Å². The van der Waals surface area contributed by atoms with Crippen LogP contribution in [0.3, 0.4) is 0 Å². The molecule has 0 bridgehead atoms. The summed E-state index contributed by atoms with van der Waals surface area (Å²) in [7, 11) is 0. The van der Waals surface area contributed by atoms with Gasteiger partial charge in [0, 0.05) is 24.2 Å². The largest absolute Gasteiger partial charge is 0.573 e. The van der Waals surface area contributed by atoms with Crippen molar-refractivity contribution < 1.29 is 36.6 Å². The molecule has 2 aromatic carbocycles. The number of H-pyrrole nitrogens is 1. The Morgan fingerprint density at radius 1 is 1.14 bits per heavy atom. The number of ether oxygens (including phenoxy) is 2. The predicted molar refractivity (Wildman–Crippen MR) is 126 cm³/mol. The summed E-state index contributed by atoms with van der Waals surface area (Å²) < 4.78 is 61.5. The number of ketones is 1. The van der Waals surface area contributed by atoms with E-state index in [1.54, 1.807) is 30.6 Å². The first-order valence-electron chi connectivity index (χ1n) is 11.6. The highest BCUT2D eigenvalue weighted by molar-refractivity contribution is 5.98. The van der Waals surface area contributed by atoms with Gasteiger partial charge in [-0.3, -0.25) is 14.7 Å². The summed E-state index contributed by atoms with van der Waals surface area (Å²) in [5, 5.41) is 6.63. The number of carbonyl (C=O) groups is 2. The monoisotopic (exact) mass is 519 g/mol. The molecule has 37 heavy (non-hydrogen) atoms. The van der Waals surface area contributed by atoms with E-state index in [1.165, 1.54) is 24.0 Å². The quantitative estimate of drug-likeness (QED) is 0.335. The molecule has 1 fully saturated rings. The maximum atomic E-state index is 14.9. The lowest BCUT2D eigenvalue weighted by Crippen LogP contribution is -2.47. The maximum absolute atomic E-state index is 14.9. The maximum Gasteiger partial charge on any atom is 0.573 e. The molecule has 1 aliphatic heterocycles. The van der Waals surface area contributed by atoms with Crippen molar-refractivity contribution in [2.75, 3.05) is 19.7 Å². The highest BCUT2D eigenvalue weighted by Gasteiger charge is 2.33. The van der Waals surface area contributed by atoms with Crippen LogP contribution in [-0.4, -0.2) is 59.0 Å². The van der Waals surface area contributed by atoms with Gasteiger partial charge in [-0.15, -0.1) is 13.2 Å². The fourth-order valence-corrected chi connectivity index (χ4v) is 4.18. The van der Waals surface area contributed by atoms with Gasteiger partial charge in [-0.2, -0.15) is 5.10 Å². The molecule has 7 nitrogen and oxygen atoms in total. The summed E-state index contributed by atoms with van der Waals surface area (Å²) in [6, 6.07) is 10.2. The molecule has 0 saturated carbocycles. The SMILES string of the molecule is CC(=O)c1cc(-c2cn[nH]c2)ccc1OCC1CCN(C(=O)Cc2ccc(OC(F)(F)F)cc2)CC1F. The van der Waals surface area contributed by atoms with Crippen LogP contribution in [0.1, 0.15) is 29.3 Å². The zero-order chi connectivity index (χ0) is 26.6. The summed E-state index contributed by atoms with van der Waals surface area (Å²) in [6.45, 7) is 1.69.